The van der Waals surface area contributed by atoms with Crippen LogP contribution in [-0.4, -0.2) is 24.8 Å². The molecule has 2 N–H and O–H groups in total. The molecule has 11 heavy (non-hydrogen) atoms. The maximum absolute atomic E-state index is 11.9. The molecular weight excluding hydrogens is 163 g/mol. The summed E-state index contributed by atoms with van der Waals surface area (Å²) < 4.78 is 39.6. The van der Waals surface area contributed by atoms with Crippen molar-refractivity contribution in [2.45, 2.75) is 18.7 Å². The van der Waals surface area contributed by atoms with Gasteiger partial charge in [-0.2, -0.15) is 13.2 Å². The van der Waals surface area contributed by atoms with E-state index in [1.54, 1.807) is 0 Å². The molecule has 0 aromatic carbocycles. The second-order valence-electron chi connectivity index (χ2n) is 2.15. The van der Waals surface area contributed by atoms with Crippen LogP contribution in [0.25, 0.3) is 0 Å². The molecule has 0 aliphatic rings. The summed E-state index contributed by atoms with van der Waals surface area (Å²) in [5.74, 6) is 0. The van der Waals surface area contributed by atoms with Crippen molar-refractivity contribution in [3.63, 3.8) is 0 Å². The van der Waals surface area contributed by atoms with Gasteiger partial charge in [-0.05, 0) is 6.92 Å². The predicted molar refractivity (Wildman–Crippen MR) is 30.7 cm³/mol. The van der Waals surface area contributed by atoms with Crippen LogP contribution in [0.4, 0.5) is 13.2 Å². The number of carbonyl (C=O) groups is 1. The van der Waals surface area contributed by atoms with Gasteiger partial charge >= 0.3 is 6.18 Å². The molecule has 1 atom stereocenters. The van der Waals surface area contributed by atoms with E-state index in [9.17, 15) is 18.0 Å². The molecule has 0 aliphatic carbocycles. The second-order valence-corrected chi connectivity index (χ2v) is 2.15. The molecule has 0 aliphatic heterocycles. The van der Waals surface area contributed by atoms with Crippen molar-refractivity contribution < 1.29 is 22.7 Å². The van der Waals surface area contributed by atoms with Crippen LogP contribution in [0.5, 0.6) is 0 Å². The summed E-state index contributed by atoms with van der Waals surface area (Å²) in [6, 6.07) is 0. The zero-order valence-electron chi connectivity index (χ0n) is 5.81. The Bertz CT molecular complexity index is 147. The second kappa shape index (κ2) is 3.08. The highest BCUT2D eigenvalue weighted by molar-refractivity contribution is 5.38. The summed E-state index contributed by atoms with van der Waals surface area (Å²) in [6.45, 7) is -0.336. The third kappa shape index (κ3) is 2.07. The molecule has 0 heterocycles. The van der Waals surface area contributed by atoms with Crippen LogP contribution in [0.15, 0.2) is 0 Å². The first-order valence-corrected chi connectivity index (χ1v) is 2.75. The van der Waals surface area contributed by atoms with Crippen LogP contribution in [0.3, 0.4) is 0 Å². The summed E-state index contributed by atoms with van der Waals surface area (Å²) in [6.07, 6.45) is -4.62. The standard InChI is InChI=1S/C5H8F3NO2/c1-4(2-9,11-3-10)5(6,7)8/h3H,2,9H2,1H3. The maximum Gasteiger partial charge on any atom is 0.429 e. The molecule has 66 valence electrons. The molecule has 0 fully saturated rings. The Labute approximate surface area is 61.3 Å². The van der Waals surface area contributed by atoms with Crippen molar-refractivity contribution in [1.29, 1.82) is 0 Å². The van der Waals surface area contributed by atoms with Gasteiger partial charge in [-0.1, -0.05) is 0 Å². The molecule has 1 unspecified atom stereocenters. The van der Waals surface area contributed by atoms with Crippen LogP contribution < -0.4 is 5.73 Å². The SMILES string of the molecule is CC(CN)(OC=O)C(F)(F)F. The fourth-order valence-corrected chi connectivity index (χ4v) is 0.337. The number of halogens is 3. The highest BCUT2D eigenvalue weighted by Crippen LogP contribution is 2.31. The average Bonchev–Trinajstić information content (AvgIpc) is 1.86. The Kier molecular flexibility index (Phi) is 2.86. The van der Waals surface area contributed by atoms with Crippen LogP contribution in [0.1, 0.15) is 6.92 Å². The molecule has 0 aromatic rings. The molecule has 0 rings (SSSR count). The van der Waals surface area contributed by atoms with Gasteiger partial charge in [-0.25, -0.2) is 0 Å². The quantitative estimate of drug-likeness (QED) is 0.627. The molecule has 3 nitrogen and oxygen atoms in total. The van der Waals surface area contributed by atoms with Gasteiger partial charge in [0.2, 0.25) is 5.60 Å². The molecule has 0 aromatic heterocycles. The summed E-state index contributed by atoms with van der Waals surface area (Å²) in [5, 5.41) is 0. The molecule has 0 bridgehead atoms. The zero-order chi connectivity index (χ0) is 9.12. The number of rotatable bonds is 3. The van der Waals surface area contributed by atoms with E-state index in [4.69, 9.17) is 5.73 Å². The molecule has 6 heteroatoms. The van der Waals surface area contributed by atoms with Crippen LogP contribution in [0, 0.1) is 0 Å². The highest BCUT2D eigenvalue weighted by Gasteiger charge is 2.52. The minimum atomic E-state index is -4.62. The minimum Gasteiger partial charge on any atom is -0.450 e. The Morgan fingerprint density at radius 1 is 1.55 bits per heavy atom. The molecule has 0 saturated heterocycles. The number of ether oxygens (including phenoxy) is 1. The minimum absolute atomic E-state index is 0.264. The lowest BCUT2D eigenvalue weighted by Gasteiger charge is -2.28. The van der Waals surface area contributed by atoms with Gasteiger partial charge in [0.15, 0.2) is 0 Å². The average molecular weight is 171 g/mol. The fourth-order valence-electron chi connectivity index (χ4n) is 0.337. The smallest absolute Gasteiger partial charge is 0.429 e. The predicted octanol–water partition coefficient (Wildman–Crippen LogP) is 0.439. The molecule has 0 spiro atoms. The molecule has 0 saturated carbocycles. The van der Waals surface area contributed by atoms with Crippen molar-refractivity contribution in [1.82, 2.24) is 0 Å². The largest absolute Gasteiger partial charge is 0.450 e. The number of hydrogen-bond donors (Lipinski definition) is 1. The third-order valence-corrected chi connectivity index (χ3v) is 1.30. The third-order valence-electron chi connectivity index (χ3n) is 1.30. The van der Waals surface area contributed by atoms with E-state index in [2.05, 4.69) is 4.74 Å². The van der Waals surface area contributed by atoms with Crippen LogP contribution in [0.2, 0.25) is 0 Å². The topological polar surface area (TPSA) is 52.3 Å². The van der Waals surface area contributed by atoms with Gasteiger partial charge in [-0.15, -0.1) is 0 Å². The summed E-state index contributed by atoms with van der Waals surface area (Å²) >= 11 is 0. The number of carbonyl (C=O) groups excluding carboxylic acids is 1. The molecular formula is C5H8F3NO2. The number of hydrogen-bond acceptors (Lipinski definition) is 3. The first-order valence-electron chi connectivity index (χ1n) is 2.75. The first kappa shape index (κ1) is 10.2. The lowest BCUT2D eigenvalue weighted by atomic mass is 10.1. The maximum atomic E-state index is 11.9. The summed E-state index contributed by atoms with van der Waals surface area (Å²) in [5.41, 5.74) is 2.21. The fraction of sp³-hybridized carbons (Fsp3) is 0.800. The monoisotopic (exact) mass is 171 g/mol. The van der Waals surface area contributed by atoms with E-state index in [1.807, 2.05) is 0 Å². The lowest BCUT2D eigenvalue weighted by Crippen LogP contribution is -2.50. The van der Waals surface area contributed by atoms with Crippen LogP contribution >= 0.6 is 0 Å². The number of nitrogens with two attached hydrogens (primary N) is 1. The van der Waals surface area contributed by atoms with Gasteiger partial charge in [-0.3, -0.25) is 4.79 Å². The van der Waals surface area contributed by atoms with Gasteiger partial charge in [0.1, 0.15) is 0 Å². The highest BCUT2D eigenvalue weighted by atomic mass is 19.4. The number of alkyl halides is 3. The Balaban J connectivity index is 4.45. The van der Waals surface area contributed by atoms with E-state index in [0.29, 0.717) is 6.92 Å². The van der Waals surface area contributed by atoms with E-state index in [-0.39, 0.29) is 6.47 Å². The van der Waals surface area contributed by atoms with Crippen molar-refractivity contribution in [2.24, 2.45) is 5.73 Å². The van der Waals surface area contributed by atoms with Gasteiger partial charge in [0.05, 0.1) is 0 Å². The normalized spacial score (nSPS) is 17.2. The Morgan fingerprint density at radius 3 is 2.09 bits per heavy atom. The summed E-state index contributed by atoms with van der Waals surface area (Å²) in [7, 11) is 0. The van der Waals surface area contributed by atoms with Gasteiger partial charge in [0.25, 0.3) is 6.47 Å². The van der Waals surface area contributed by atoms with E-state index >= 15 is 0 Å². The van der Waals surface area contributed by atoms with Crippen molar-refractivity contribution in [2.75, 3.05) is 6.54 Å². The first-order chi connectivity index (χ1) is 4.87. The Morgan fingerprint density at radius 2 is 2.00 bits per heavy atom. The van der Waals surface area contributed by atoms with E-state index < -0.39 is 18.3 Å². The van der Waals surface area contributed by atoms with Crippen LogP contribution in [-0.2, 0) is 9.53 Å². The van der Waals surface area contributed by atoms with Gasteiger partial charge < -0.3 is 10.5 Å². The lowest BCUT2D eigenvalue weighted by molar-refractivity contribution is -0.254. The molecule has 0 amide bonds. The summed E-state index contributed by atoms with van der Waals surface area (Å²) in [4.78, 5) is 9.65. The Hall–Kier alpha value is -0.780. The van der Waals surface area contributed by atoms with E-state index in [1.165, 1.54) is 0 Å². The zero-order valence-corrected chi connectivity index (χ0v) is 5.81. The van der Waals surface area contributed by atoms with Crippen molar-refractivity contribution in [3.05, 3.63) is 0 Å². The van der Waals surface area contributed by atoms with Crippen molar-refractivity contribution >= 4 is 6.47 Å². The van der Waals surface area contributed by atoms with E-state index in [0.717, 1.165) is 0 Å². The van der Waals surface area contributed by atoms with Gasteiger partial charge in [0, 0.05) is 6.54 Å². The van der Waals surface area contributed by atoms with Crippen molar-refractivity contribution in [3.8, 4) is 0 Å². The molecule has 0 radical (unpaired) electrons.